The van der Waals surface area contributed by atoms with Crippen LogP contribution >= 0.6 is 0 Å². The van der Waals surface area contributed by atoms with Crippen molar-refractivity contribution in [1.82, 2.24) is 0 Å². The van der Waals surface area contributed by atoms with Crippen LogP contribution in [0.1, 0.15) is 12.8 Å². The summed E-state index contributed by atoms with van der Waals surface area (Å²) >= 11 is 0. The Hall–Kier alpha value is -0.0951. The van der Waals surface area contributed by atoms with Crippen LogP contribution in [0.4, 0.5) is 0 Å². The van der Waals surface area contributed by atoms with Gasteiger partial charge in [-0.1, -0.05) is 0 Å². The molecule has 88 valence electrons. The minimum absolute atomic E-state index is 0.127. The molecule has 0 amide bonds. The Morgan fingerprint density at radius 3 is 2.53 bits per heavy atom. The molecule has 0 spiro atoms. The van der Waals surface area contributed by atoms with E-state index >= 15 is 0 Å². The minimum Gasteiger partial charge on any atom is -0.385 e. The molecule has 0 bridgehead atoms. The van der Waals surface area contributed by atoms with Gasteiger partial charge in [-0.3, -0.25) is 0 Å². The average Bonchev–Trinajstić information content (AvgIpc) is 2.53. The second-order valence-electron chi connectivity index (χ2n) is 4.16. The maximum Gasteiger partial charge on any atom is 0.142 e. The highest BCUT2D eigenvalue weighted by molar-refractivity contribution is 6.11. The van der Waals surface area contributed by atoms with Crippen molar-refractivity contribution < 1.29 is 18.9 Å². The van der Waals surface area contributed by atoms with Gasteiger partial charge in [-0.25, -0.2) is 0 Å². The molecule has 0 aromatic rings. The second kappa shape index (κ2) is 5.84. The van der Waals surface area contributed by atoms with E-state index in [0.29, 0.717) is 13.2 Å². The second-order valence-corrected chi connectivity index (χ2v) is 4.16. The molecule has 0 unspecified atom stereocenters. The van der Waals surface area contributed by atoms with E-state index in [-0.39, 0.29) is 17.7 Å². The molecule has 4 nitrogen and oxygen atoms in total. The van der Waals surface area contributed by atoms with Gasteiger partial charge in [0, 0.05) is 40.8 Å². The van der Waals surface area contributed by atoms with E-state index in [9.17, 15) is 0 Å². The molecule has 1 aliphatic heterocycles. The van der Waals surface area contributed by atoms with Crippen LogP contribution in [0.5, 0.6) is 0 Å². The van der Waals surface area contributed by atoms with Crippen molar-refractivity contribution in [3.05, 3.63) is 0 Å². The summed E-state index contributed by atoms with van der Waals surface area (Å²) in [7, 11) is 7.16. The summed E-state index contributed by atoms with van der Waals surface area (Å²) in [6.45, 7) is 1.28. The number of hydrogen-bond acceptors (Lipinski definition) is 4. The molecule has 3 atom stereocenters. The normalized spacial score (nSPS) is 35.9. The van der Waals surface area contributed by atoms with Crippen molar-refractivity contribution in [2.75, 3.05) is 34.5 Å². The van der Waals surface area contributed by atoms with Crippen LogP contribution in [0, 0.1) is 0 Å². The molecule has 0 saturated carbocycles. The molecule has 1 aliphatic rings. The Labute approximate surface area is 92.6 Å². The number of rotatable bonds is 6. The van der Waals surface area contributed by atoms with Gasteiger partial charge in [0.25, 0.3) is 0 Å². The molecule has 15 heavy (non-hydrogen) atoms. The Balaban J connectivity index is 2.58. The zero-order valence-corrected chi connectivity index (χ0v) is 10.1. The van der Waals surface area contributed by atoms with Crippen LogP contribution in [0.2, 0.25) is 0 Å². The van der Waals surface area contributed by atoms with Gasteiger partial charge in [-0.15, -0.1) is 0 Å². The zero-order chi connectivity index (χ0) is 11.3. The quantitative estimate of drug-likeness (QED) is 0.576. The van der Waals surface area contributed by atoms with E-state index in [2.05, 4.69) is 0 Å². The van der Waals surface area contributed by atoms with Crippen molar-refractivity contribution in [3.8, 4) is 0 Å². The number of hydrogen-bond donors (Lipinski definition) is 0. The maximum absolute atomic E-state index is 5.96. The fourth-order valence-corrected chi connectivity index (χ4v) is 2.20. The summed E-state index contributed by atoms with van der Waals surface area (Å²) in [5.74, 6) is 0. The molecule has 0 aliphatic carbocycles. The van der Waals surface area contributed by atoms with Crippen molar-refractivity contribution in [1.29, 1.82) is 0 Å². The minimum atomic E-state index is -0.231. The van der Waals surface area contributed by atoms with Crippen molar-refractivity contribution in [2.24, 2.45) is 0 Å². The lowest BCUT2D eigenvalue weighted by atomic mass is 9.90. The predicted octanol–water partition coefficient (Wildman–Crippen LogP) is -0.197. The fourth-order valence-electron chi connectivity index (χ4n) is 2.20. The average molecular weight is 216 g/mol. The first-order valence-electron chi connectivity index (χ1n) is 5.36. The Morgan fingerprint density at radius 2 is 2.07 bits per heavy atom. The number of ether oxygens (including phenoxy) is 4. The fraction of sp³-hybridized carbons (Fsp3) is 1.00. The molecule has 5 heteroatoms. The van der Waals surface area contributed by atoms with Crippen LogP contribution < -0.4 is 0 Å². The Morgan fingerprint density at radius 1 is 1.33 bits per heavy atom. The van der Waals surface area contributed by atoms with Gasteiger partial charge in [-0.2, -0.15) is 0 Å². The molecule has 0 N–H and O–H groups in total. The van der Waals surface area contributed by atoms with E-state index in [1.54, 1.807) is 21.3 Å². The monoisotopic (exact) mass is 216 g/mol. The highest BCUT2D eigenvalue weighted by Crippen LogP contribution is 2.34. The van der Waals surface area contributed by atoms with Gasteiger partial charge >= 0.3 is 0 Å². The van der Waals surface area contributed by atoms with Crippen LogP contribution in [-0.4, -0.2) is 60.1 Å². The summed E-state index contributed by atoms with van der Waals surface area (Å²) < 4.78 is 21.7. The van der Waals surface area contributed by atoms with Crippen molar-refractivity contribution in [2.45, 2.75) is 30.5 Å². The first-order chi connectivity index (χ1) is 7.17. The van der Waals surface area contributed by atoms with Gasteiger partial charge in [0.15, 0.2) is 0 Å². The zero-order valence-electron chi connectivity index (χ0n) is 10.1. The standard InChI is InChI=1S/C10H21BO4/c1-12-5-4-10(7-13-2)6-8(14-3)9(11)15-10/h8-9H,4-7,11H2,1-3H3/t8-,9-,10+/m1/s1. The van der Waals surface area contributed by atoms with Gasteiger partial charge in [0.2, 0.25) is 0 Å². The Bertz CT molecular complexity index is 190. The molecule has 1 heterocycles. The third-order valence-electron chi connectivity index (χ3n) is 3.00. The van der Waals surface area contributed by atoms with E-state index in [1.807, 2.05) is 7.85 Å². The van der Waals surface area contributed by atoms with Crippen LogP contribution in [-0.2, 0) is 18.9 Å². The smallest absolute Gasteiger partial charge is 0.142 e. The van der Waals surface area contributed by atoms with Gasteiger partial charge in [0.05, 0.1) is 24.3 Å². The molecule has 0 aromatic carbocycles. The molecule has 0 aromatic heterocycles. The van der Waals surface area contributed by atoms with E-state index in [1.165, 1.54) is 0 Å². The largest absolute Gasteiger partial charge is 0.385 e. The SMILES string of the molecule is B[C@@H]1O[C@](CCOC)(COC)C[C@H]1OC. The van der Waals surface area contributed by atoms with Gasteiger partial charge in [-0.05, 0) is 0 Å². The predicted molar refractivity (Wildman–Crippen MR) is 59.9 cm³/mol. The first kappa shape index (κ1) is 13.0. The van der Waals surface area contributed by atoms with Crippen LogP contribution in [0.15, 0.2) is 0 Å². The van der Waals surface area contributed by atoms with E-state index in [0.717, 1.165) is 12.8 Å². The summed E-state index contributed by atoms with van der Waals surface area (Å²) in [6.07, 6.45) is 1.89. The third kappa shape index (κ3) is 3.18. The molecule has 1 fully saturated rings. The van der Waals surface area contributed by atoms with Crippen LogP contribution in [0.25, 0.3) is 0 Å². The molecule has 1 rings (SSSR count). The lowest BCUT2D eigenvalue weighted by molar-refractivity contribution is -0.0784. The van der Waals surface area contributed by atoms with E-state index < -0.39 is 0 Å². The summed E-state index contributed by atoms with van der Waals surface area (Å²) in [6, 6.07) is 0.127. The molecular formula is C10H21BO4. The summed E-state index contributed by atoms with van der Waals surface area (Å²) in [4.78, 5) is 0. The first-order valence-corrected chi connectivity index (χ1v) is 5.36. The number of methoxy groups -OCH3 is 3. The van der Waals surface area contributed by atoms with Gasteiger partial charge in [0.1, 0.15) is 7.85 Å². The highest BCUT2D eigenvalue weighted by Gasteiger charge is 2.44. The molecular weight excluding hydrogens is 195 g/mol. The van der Waals surface area contributed by atoms with Crippen LogP contribution in [0.3, 0.4) is 0 Å². The topological polar surface area (TPSA) is 36.9 Å². The van der Waals surface area contributed by atoms with E-state index in [4.69, 9.17) is 18.9 Å². The Kier molecular flexibility index (Phi) is 5.05. The highest BCUT2D eigenvalue weighted by atomic mass is 16.6. The summed E-state index contributed by atoms with van der Waals surface area (Å²) in [5.41, 5.74) is -0.231. The summed E-state index contributed by atoms with van der Waals surface area (Å²) in [5, 5.41) is 0. The molecule has 0 radical (unpaired) electrons. The van der Waals surface area contributed by atoms with Gasteiger partial charge < -0.3 is 18.9 Å². The molecule has 1 saturated heterocycles. The lowest BCUT2D eigenvalue weighted by Gasteiger charge is -2.27. The van der Waals surface area contributed by atoms with Crippen molar-refractivity contribution in [3.63, 3.8) is 0 Å². The maximum atomic E-state index is 5.96. The lowest BCUT2D eigenvalue weighted by Crippen LogP contribution is -2.36. The van der Waals surface area contributed by atoms with Crippen molar-refractivity contribution >= 4 is 7.85 Å². The third-order valence-corrected chi connectivity index (χ3v) is 3.00.